The molecule has 0 saturated carbocycles. The molecule has 0 bridgehead atoms. The molecule has 0 amide bonds. The van der Waals surface area contributed by atoms with Crippen LogP contribution in [-0.2, 0) is 6.42 Å². The summed E-state index contributed by atoms with van der Waals surface area (Å²) in [6, 6.07) is 14.3. The monoisotopic (exact) mass is 198 g/mol. The third kappa shape index (κ3) is 2.34. The van der Waals surface area contributed by atoms with E-state index in [1.165, 1.54) is 5.56 Å². The molecule has 0 radical (unpaired) electrons. The summed E-state index contributed by atoms with van der Waals surface area (Å²) in [6.45, 7) is 1.95. The molecule has 0 aliphatic carbocycles. The van der Waals surface area contributed by atoms with Crippen molar-refractivity contribution in [2.24, 2.45) is 0 Å². The minimum absolute atomic E-state index is 0.638. The molecule has 0 aliphatic rings. The smallest absolute Gasteiger partial charge is 0.127 e. The Bertz CT molecular complexity index is 449. The summed E-state index contributed by atoms with van der Waals surface area (Å²) in [7, 11) is 0. The van der Waals surface area contributed by atoms with Gasteiger partial charge in [-0.1, -0.05) is 36.4 Å². The van der Waals surface area contributed by atoms with Crippen molar-refractivity contribution in [3.05, 3.63) is 59.3 Å². The Morgan fingerprint density at radius 1 is 1.07 bits per heavy atom. The zero-order chi connectivity index (χ0) is 10.7. The van der Waals surface area contributed by atoms with Gasteiger partial charge in [-0.3, -0.25) is 0 Å². The van der Waals surface area contributed by atoms with Crippen molar-refractivity contribution < 1.29 is 0 Å². The van der Waals surface area contributed by atoms with Crippen molar-refractivity contribution in [2.75, 3.05) is 5.73 Å². The predicted octanol–water partition coefficient (Wildman–Crippen LogP) is 2.56. The van der Waals surface area contributed by atoms with Gasteiger partial charge in [0.05, 0.1) is 0 Å². The summed E-state index contributed by atoms with van der Waals surface area (Å²) in [5.74, 6) is 0.638. The van der Waals surface area contributed by atoms with E-state index >= 15 is 0 Å². The van der Waals surface area contributed by atoms with Crippen LogP contribution in [0.3, 0.4) is 0 Å². The van der Waals surface area contributed by atoms with Crippen LogP contribution in [0.2, 0.25) is 0 Å². The largest absolute Gasteiger partial charge is 0.383 e. The maximum Gasteiger partial charge on any atom is 0.127 e. The van der Waals surface area contributed by atoms with Crippen LogP contribution in [0.15, 0.2) is 42.5 Å². The normalized spacial score (nSPS) is 10.2. The Labute approximate surface area is 89.8 Å². The number of hydrogen-bond acceptors (Lipinski definition) is 2. The van der Waals surface area contributed by atoms with E-state index in [4.69, 9.17) is 5.73 Å². The molecule has 0 fully saturated rings. The third-order valence-corrected chi connectivity index (χ3v) is 2.39. The van der Waals surface area contributed by atoms with E-state index in [0.717, 1.165) is 17.7 Å². The molecule has 2 heteroatoms. The van der Waals surface area contributed by atoms with Gasteiger partial charge in [0.2, 0.25) is 0 Å². The van der Waals surface area contributed by atoms with Crippen LogP contribution in [0.25, 0.3) is 0 Å². The summed E-state index contributed by atoms with van der Waals surface area (Å²) >= 11 is 0. The van der Waals surface area contributed by atoms with Crippen LogP contribution >= 0.6 is 0 Å². The van der Waals surface area contributed by atoms with Gasteiger partial charge < -0.3 is 5.73 Å². The maximum atomic E-state index is 5.86. The number of nitrogen functional groups attached to an aromatic ring is 1. The van der Waals surface area contributed by atoms with Gasteiger partial charge >= 0.3 is 0 Å². The highest BCUT2D eigenvalue weighted by molar-refractivity contribution is 5.43. The first-order chi connectivity index (χ1) is 7.25. The Kier molecular flexibility index (Phi) is 2.68. The van der Waals surface area contributed by atoms with Gasteiger partial charge in [0.25, 0.3) is 0 Å². The number of aromatic nitrogens is 1. The van der Waals surface area contributed by atoms with Crippen LogP contribution in [0, 0.1) is 6.92 Å². The van der Waals surface area contributed by atoms with Gasteiger partial charge in [0.1, 0.15) is 5.82 Å². The van der Waals surface area contributed by atoms with Gasteiger partial charge in [0, 0.05) is 12.1 Å². The minimum Gasteiger partial charge on any atom is -0.383 e. The number of nitrogens with zero attached hydrogens (tertiary/aromatic N) is 1. The van der Waals surface area contributed by atoms with Crippen LogP contribution in [0.1, 0.15) is 16.8 Å². The Balaban J connectivity index is 2.25. The lowest BCUT2D eigenvalue weighted by Gasteiger charge is -2.05. The molecule has 2 rings (SSSR count). The fraction of sp³-hybridized carbons (Fsp3) is 0.154. The Morgan fingerprint density at radius 2 is 1.80 bits per heavy atom. The SMILES string of the molecule is Cc1ccc(Cc2ccccc2)c(N)n1. The zero-order valence-electron chi connectivity index (χ0n) is 8.77. The van der Waals surface area contributed by atoms with Gasteiger partial charge in [0.15, 0.2) is 0 Å². The molecule has 76 valence electrons. The standard InChI is InChI=1S/C13H14N2/c1-10-7-8-12(13(14)15-10)9-11-5-3-2-4-6-11/h2-8H,9H2,1H3,(H2,14,15). The average molecular weight is 198 g/mol. The van der Waals surface area contributed by atoms with Gasteiger partial charge in [-0.2, -0.15) is 0 Å². The zero-order valence-corrected chi connectivity index (χ0v) is 8.77. The summed E-state index contributed by atoms with van der Waals surface area (Å²) < 4.78 is 0. The predicted molar refractivity (Wildman–Crippen MR) is 62.6 cm³/mol. The second-order valence-electron chi connectivity index (χ2n) is 3.66. The Morgan fingerprint density at radius 3 is 2.47 bits per heavy atom. The summed E-state index contributed by atoms with van der Waals surface area (Å²) in [5.41, 5.74) is 9.17. The quantitative estimate of drug-likeness (QED) is 0.805. The molecule has 2 N–H and O–H groups in total. The van der Waals surface area contributed by atoms with Gasteiger partial charge in [-0.05, 0) is 24.1 Å². The molecule has 2 nitrogen and oxygen atoms in total. The summed E-state index contributed by atoms with van der Waals surface area (Å²) in [6.07, 6.45) is 0.847. The van der Waals surface area contributed by atoms with E-state index in [9.17, 15) is 0 Å². The van der Waals surface area contributed by atoms with Crippen molar-refractivity contribution in [3.8, 4) is 0 Å². The van der Waals surface area contributed by atoms with E-state index in [1.807, 2.05) is 37.3 Å². The molecule has 0 unspecified atom stereocenters. The highest BCUT2D eigenvalue weighted by atomic mass is 14.8. The van der Waals surface area contributed by atoms with E-state index in [2.05, 4.69) is 17.1 Å². The second-order valence-corrected chi connectivity index (χ2v) is 3.66. The number of hydrogen-bond donors (Lipinski definition) is 1. The highest BCUT2D eigenvalue weighted by Crippen LogP contribution is 2.14. The number of pyridine rings is 1. The van der Waals surface area contributed by atoms with Gasteiger partial charge in [-0.15, -0.1) is 0 Å². The van der Waals surface area contributed by atoms with Crippen molar-refractivity contribution in [1.29, 1.82) is 0 Å². The lowest BCUT2D eigenvalue weighted by molar-refractivity contribution is 1.12. The molecule has 0 atom stereocenters. The average Bonchev–Trinajstić information content (AvgIpc) is 2.24. The number of rotatable bonds is 2. The summed E-state index contributed by atoms with van der Waals surface area (Å²) in [4.78, 5) is 4.25. The van der Waals surface area contributed by atoms with Crippen LogP contribution in [-0.4, -0.2) is 4.98 Å². The molecular weight excluding hydrogens is 184 g/mol. The molecule has 0 aliphatic heterocycles. The summed E-state index contributed by atoms with van der Waals surface area (Å²) in [5, 5.41) is 0. The van der Waals surface area contributed by atoms with Crippen molar-refractivity contribution in [2.45, 2.75) is 13.3 Å². The van der Waals surface area contributed by atoms with Crippen molar-refractivity contribution in [1.82, 2.24) is 4.98 Å². The van der Waals surface area contributed by atoms with E-state index in [1.54, 1.807) is 0 Å². The molecule has 0 spiro atoms. The lowest BCUT2D eigenvalue weighted by Crippen LogP contribution is -1.99. The number of aryl methyl sites for hydroxylation is 1. The van der Waals surface area contributed by atoms with E-state index in [-0.39, 0.29) is 0 Å². The second kappa shape index (κ2) is 4.13. The van der Waals surface area contributed by atoms with Crippen LogP contribution in [0.4, 0.5) is 5.82 Å². The minimum atomic E-state index is 0.638. The number of nitrogens with two attached hydrogens (primary N) is 1. The first-order valence-electron chi connectivity index (χ1n) is 5.01. The number of anilines is 1. The van der Waals surface area contributed by atoms with Crippen molar-refractivity contribution in [3.63, 3.8) is 0 Å². The Hall–Kier alpha value is -1.83. The van der Waals surface area contributed by atoms with Crippen molar-refractivity contribution >= 4 is 5.82 Å². The van der Waals surface area contributed by atoms with E-state index < -0.39 is 0 Å². The third-order valence-electron chi connectivity index (χ3n) is 2.39. The molecule has 1 aromatic heterocycles. The topological polar surface area (TPSA) is 38.9 Å². The molecule has 15 heavy (non-hydrogen) atoms. The molecule has 1 heterocycles. The molecular formula is C13H14N2. The number of benzene rings is 1. The molecule has 1 aromatic carbocycles. The van der Waals surface area contributed by atoms with Crippen LogP contribution in [0.5, 0.6) is 0 Å². The van der Waals surface area contributed by atoms with Gasteiger partial charge in [-0.25, -0.2) is 4.98 Å². The fourth-order valence-electron chi connectivity index (χ4n) is 1.57. The molecule has 0 saturated heterocycles. The fourth-order valence-corrected chi connectivity index (χ4v) is 1.57. The lowest BCUT2D eigenvalue weighted by atomic mass is 10.1. The maximum absolute atomic E-state index is 5.86. The van der Waals surface area contributed by atoms with E-state index in [0.29, 0.717) is 5.82 Å². The van der Waals surface area contributed by atoms with Crippen LogP contribution < -0.4 is 5.73 Å². The molecule has 2 aromatic rings. The first-order valence-corrected chi connectivity index (χ1v) is 5.01. The first kappa shape index (κ1) is 9.71. The highest BCUT2D eigenvalue weighted by Gasteiger charge is 2.01.